The van der Waals surface area contributed by atoms with Gasteiger partial charge in [0, 0.05) is 45.8 Å². The van der Waals surface area contributed by atoms with Gasteiger partial charge in [-0.3, -0.25) is 9.69 Å². The fraction of sp³-hybridized carbons (Fsp3) is 0.611. The predicted molar refractivity (Wildman–Crippen MR) is 86.4 cm³/mol. The Morgan fingerprint density at radius 3 is 2.83 bits per heavy atom. The van der Waals surface area contributed by atoms with Gasteiger partial charge >= 0.3 is 0 Å². The minimum Gasteiger partial charge on any atom is -0.493 e. The lowest BCUT2D eigenvalue weighted by atomic mass is 10.1. The van der Waals surface area contributed by atoms with Gasteiger partial charge in [0.25, 0.3) is 0 Å². The Hall–Kier alpha value is -1.59. The number of ether oxygens (including phenoxy) is 2. The van der Waals surface area contributed by atoms with Crippen LogP contribution in [0.4, 0.5) is 0 Å². The molecule has 0 saturated carbocycles. The van der Waals surface area contributed by atoms with Crippen molar-refractivity contribution in [3.05, 3.63) is 29.3 Å². The van der Waals surface area contributed by atoms with E-state index in [1.165, 1.54) is 11.1 Å². The highest BCUT2D eigenvalue weighted by atomic mass is 16.5. The molecule has 2 fully saturated rings. The number of rotatable bonds is 3. The summed E-state index contributed by atoms with van der Waals surface area (Å²) in [6, 6.07) is 6.53. The molecule has 1 amide bonds. The lowest BCUT2D eigenvalue weighted by Gasteiger charge is -2.35. The Kier molecular flexibility index (Phi) is 4.23. The summed E-state index contributed by atoms with van der Waals surface area (Å²) in [7, 11) is 0. The van der Waals surface area contributed by atoms with Crippen molar-refractivity contribution < 1.29 is 14.3 Å². The third kappa shape index (κ3) is 3.21. The Morgan fingerprint density at radius 2 is 2.04 bits per heavy atom. The highest BCUT2D eigenvalue weighted by Gasteiger charge is 2.30. The Bertz CT molecular complexity index is 576. The van der Waals surface area contributed by atoms with Crippen LogP contribution in [0.3, 0.4) is 0 Å². The van der Waals surface area contributed by atoms with Crippen molar-refractivity contribution in [2.45, 2.75) is 19.4 Å². The summed E-state index contributed by atoms with van der Waals surface area (Å²) in [4.78, 5) is 16.9. The summed E-state index contributed by atoms with van der Waals surface area (Å²) >= 11 is 0. The monoisotopic (exact) mass is 316 g/mol. The molecular formula is C18H24N2O3. The van der Waals surface area contributed by atoms with Crippen LogP contribution >= 0.6 is 0 Å². The number of carbonyl (C=O) groups excluding carboxylic acids is 1. The molecule has 0 unspecified atom stereocenters. The summed E-state index contributed by atoms with van der Waals surface area (Å²) in [6.45, 7) is 6.69. The number of nitrogens with zero attached hydrogens (tertiary/aromatic N) is 2. The van der Waals surface area contributed by atoms with Crippen LogP contribution < -0.4 is 4.74 Å². The molecule has 1 atom stereocenters. The van der Waals surface area contributed by atoms with E-state index in [0.29, 0.717) is 6.61 Å². The van der Waals surface area contributed by atoms with E-state index in [1.54, 1.807) is 0 Å². The van der Waals surface area contributed by atoms with Gasteiger partial charge in [-0.05, 0) is 23.6 Å². The summed E-state index contributed by atoms with van der Waals surface area (Å²) < 4.78 is 10.9. The van der Waals surface area contributed by atoms with Crippen molar-refractivity contribution in [3.63, 3.8) is 0 Å². The molecule has 0 aromatic heterocycles. The normalized spacial score (nSPS) is 24.5. The van der Waals surface area contributed by atoms with Gasteiger partial charge in [-0.2, -0.15) is 0 Å². The molecule has 0 spiro atoms. The quantitative estimate of drug-likeness (QED) is 0.843. The molecule has 3 aliphatic heterocycles. The molecule has 1 aromatic rings. The molecule has 0 bridgehead atoms. The largest absolute Gasteiger partial charge is 0.493 e. The molecule has 0 aliphatic carbocycles. The average Bonchev–Trinajstić information content (AvgIpc) is 3.26. The second-order valence-electron chi connectivity index (χ2n) is 6.70. The van der Waals surface area contributed by atoms with Crippen LogP contribution in [0.5, 0.6) is 5.75 Å². The summed E-state index contributed by atoms with van der Waals surface area (Å²) in [6.07, 6.45) is 1.91. The van der Waals surface area contributed by atoms with Crippen LogP contribution in [-0.2, 0) is 22.5 Å². The van der Waals surface area contributed by atoms with Gasteiger partial charge in [-0.15, -0.1) is 0 Å². The second-order valence-corrected chi connectivity index (χ2v) is 6.70. The molecule has 23 heavy (non-hydrogen) atoms. The van der Waals surface area contributed by atoms with E-state index in [4.69, 9.17) is 9.47 Å². The van der Waals surface area contributed by atoms with E-state index in [2.05, 4.69) is 23.1 Å². The van der Waals surface area contributed by atoms with Gasteiger partial charge < -0.3 is 14.4 Å². The SMILES string of the molecule is O=C([C@H]1CCOC1)N1CCN(Cc2ccc3c(c2)CCO3)CC1. The van der Waals surface area contributed by atoms with Crippen LogP contribution in [-0.4, -0.2) is 61.7 Å². The zero-order chi connectivity index (χ0) is 15.6. The van der Waals surface area contributed by atoms with Crippen molar-refractivity contribution in [2.75, 3.05) is 46.0 Å². The first kappa shape index (κ1) is 15.0. The standard InChI is InChI=1S/C18H24N2O3/c21-18(16-3-9-22-13-16)20-7-5-19(6-8-20)12-14-1-2-17-15(11-14)4-10-23-17/h1-2,11,16H,3-10,12-13H2/t16-/m0/s1. The summed E-state index contributed by atoms with van der Waals surface area (Å²) in [5.41, 5.74) is 2.68. The van der Waals surface area contributed by atoms with Gasteiger partial charge in [-0.25, -0.2) is 0 Å². The van der Waals surface area contributed by atoms with Gasteiger partial charge in [-0.1, -0.05) is 12.1 Å². The van der Waals surface area contributed by atoms with E-state index >= 15 is 0 Å². The van der Waals surface area contributed by atoms with E-state index in [9.17, 15) is 4.79 Å². The lowest BCUT2D eigenvalue weighted by molar-refractivity contribution is -0.137. The first-order chi connectivity index (χ1) is 11.3. The fourth-order valence-electron chi connectivity index (χ4n) is 3.71. The molecule has 124 valence electrons. The highest BCUT2D eigenvalue weighted by Crippen LogP contribution is 2.26. The summed E-state index contributed by atoms with van der Waals surface area (Å²) in [5.74, 6) is 1.43. The average molecular weight is 316 g/mol. The topological polar surface area (TPSA) is 42.0 Å². The molecule has 2 saturated heterocycles. The molecular weight excluding hydrogens is 292 g/mol. The minimum atomic E-state index is 0.0956. The Morgan fingerprint density at radius 1 is 1.17 bits per heavy atom. The number of piperazine rings is 1. The molecule has 3 heterocycles. The number of hydrogen-bond donors (Lipinski definition) is 0. The van der Waals surface area contributed by atoms with Crippen LogP contribution in [0.25, 0.3) is 0 Å². The summed E-state index contributed by atoms with van der Waals surface area (Å²) in [5, 5.41) is 0. The molecule has 0 radical (unpaired) electrons. The Balaban J connectivity index is 1.30. The zero-order valence-corrected chi connectivity index (χ0v) is 13.5. The van der Waals surface area contributed by atoms with E-state index in [0.717, 1.165) is 64.5 Å². The van der Waals surface area contributed by atoms with E-state index in [-0.39, 0.29) is 11.8 Å². The van der Waals surface area contributed by atoms with Crippen molar-refractivity contribution >= 4 is 5.91 Å². The predicted octanol–water partition coefficient (Wildman–Crippen LogP) is 1.30. The van der Waals surface area contributed by atoms with E-state index in [1.807, 2.05) is 4.90 Å². The first-order valence-corrected chi connectivity index (χ1v) is 8.63. The minimum absolute atomic E-state index is 0.0956. The van der Waals surface area contributed by atoms with Crippen molar-refractivity contribution in [1.82, 2.24) is 9.80 Å². The van der Waals surface area contributed by atoms with Gasteiger partial charge in [0.1, 0.15) is 5.75 Å². The van der Waals surface area contributed by atoms with Gasteiger partial charge in [0.2, 0.25) is 5.91 Å². The fourth-order valence-corrected chi connectivity index (χ4v) is 3.71. The maximum absolute atomic E-state index is 12.4. The maximum Gasteiger partial charge on any atom is 0.228 e. The van der Waals surface area contributed by atoms with E-state index < -0.39 is 0 Å². The van der Waals surface area contributed by atoms with Crippen LogP contribution in [0, 0.1) is 5.92 Å². The van der Waals surface area contributed by atoms with Crippen LogP contribution in [0.1, 0.15) is 17.5 Å². The number of amides is 1. The highest BCUT2D eigenvalue weighted by molar-refractivity contribution is 5.79. The van der Waals surface area contributed by atoms with Crippen molar-refractivity contribution in [3.8, 4) is 5.75 Å². The maximum atomic E-state index is 12.4. The molecule has 5 nitrogen and oxygen atoms in total. The van der Waals surface area contributed by atoms with Gasteiger partial charge in [0.15, 0.2) is 0 Å². The second kappa shape index (κ2) is 6.49. The smallest absolute Gasteiger partial charge is 0.228 e. The molecule has 4 rings (SSSR count). The number of benzene rings is 1. The third-order valence-electron chi connectivity index (χ3n) is 5.12. The molecule has 5 heteroatoms. The van der Waals surface area contributed by atoms with Gasteiger partial charge in [0.05, 0.1) is 19.1 Å². The Labute approximate surface area is 137 Å². The van der Waals surface area contributed by atoms with Crippen molar-refractivity contribution in [1.29, 1.82) is 0 Å². The lowest BCUT2D eigenvalue weighted by Crippen LogP contribution is -2.50. The number of hydrogen-bond acceptors (Lipinski definition) is 4. The zero-order valence-electron chi connectivity index (χ0n) is 13.5. The molecule has 0 N–H and O–H groups in total. The van der Waals surface area contributed by atoms with Crippen LogP contribution in [0.15, 0.2) is 18.2 Å². The van der Waals surface area contributed by atoms with Crippen LogP contribution in [0.2, 0.25) is 0 Å². The van der Waals surface area contributed by atoms with Crippen molar-refractivity contribution in [2.24, 2.45) is 5.92 Å². The molecule has 3 aliphatic rings. The first-order valence-electron chi connectivity index (χ1n) is 8.63. The molecule has 1 aromatic carbocycles. The number of fused-ring (bicyclic) bond motifs is 1. The third-order valence-corrected chi connectivity index (χ3v) is 5.12. The number of carbonyl (C=O) groups is 1.